The Morgan fingerprint density at radius 2 is 1.14 bits per heavy atom. The average molecular weight is 298 g/mol. The molecule has 0 fully saturated rings. The fourth-order valence-electron chi connectivity index (χ4n) is 2.25. The number of hydrogen-bond donors (Lipinski definition) is 2. The highest BCUT2D eigenvalue weighted by atomic mass is 16.3. The molecule has 0 bridgehead atoms. The standard InChI is InChI=1S/C18H18O4/c1-11(19)13-5-3-7-15(9-13)17(21)18(22)16-8-4-6-14(10-16)12(2)20/h3-10,17-18,21-22H,1-2H3. The highest BCUT2D eigenvalue weighted by molar-refractivity contribution is 5.94. The van der Waals surface area contributed by atoms with E-state index in [1.165, 1.54) is 13.8 Å². The summed E-state index contributed by atoms with van der Waals surface area (Å²) >= 11 is 0. The fraction of sp³-hybridized carbons (Fsp3) is 0.222. The molecular formula is C18H18O4. The van der Waals surface area contributed by atoms with Crippen LogP contribution >= 0.6 is 0 Å². The highest BCUT2D eigenvalue weighted by Crippen LogP contribution is 2.29. The van der Waals surface area contributed by atoms with Gasteiger partial charge in [0.2, 0.25) is 0 Å². The zero-order chi connectivity index (χ0) is 16.3. The Kier molecular flexibility index (Phi) is 4.85. The van der Waals surface area contributed by atoms with Crippen LogP contribution in [0.3, 0.4) is 0 Å². The number of carbonyl (C=O) groups excluding carboxylic acids is 2. The summed E-state index contributed by atoms with van der Waals surface area (Å²) in [7, 11) is 0. The molecule has 2 aromatic rings. The molecule has 0 aromatic heterocycles. The normalized spacial score (nSPS) is 13.5. The predicted molar refractivity (Wildman–Crippen MR) is 82.8 cm³/mol. The van der Waals surface area contributed by atoms with Crippen LogP contribution in [0.5, 0.6) is 0 Å². The van der Waals surface area contributed by atoms with Crippen molar-refractivity contribution in [3.8, 4) is 0 Å². The third-order valence-electron chi connectivity index (χ3n) is 3.57. The molecule has 0 saturated carbocycles. The summed E-state index contributed by atoms with van der Waals surface area (Å²) in [6, 6.07) is 13.0. The largest absolute Gasteiger partial charge is 0.385 e. The van der Waals surface area contributed by atoms with Gasteiger partial charge in [-0.3, -0.25) is 9.59 Å². The molecule has 0 spiro atoms. The van der Waals surface area contributed by atoms with E-state index in [-0.39, 0.29) is 11.6 Å². The molecule has 0 aliphatic rings. The van der Waals surface area contributed by atoms with Gasteiger partial charge in [0.15, 0.2) is 11.6 Å². The van der Waals surface area contributed by atoms with Crippen LogP contribution in [0.4, 0.5) is 0 Å². The lowest BCUT2D eigenvalue weighted by atomic mass is 9.95. The van der Waals surface area contributed by atoms with E-state index in [9.17, 15) is 19.8 Å². The second-order valence-corrected chi connectivity index (χ2v) is 5.25. The quantitative estimate of drug-likeness (QED) is 0.832. The topological polar surface area (TPSA) is 74.6 Å². The van der Waals surface area contributed by atoms with Gasteiger partial charge in [0.1, 0.15) is 12.2 Å². The van der Waals surface area contributed by atoms with E-state index in [0.29, 0.717) is 22.3 Å². The van der Waals surface area contributed by atoms with E-state index in [1.807, 2.05) is 0 Å². The maximum Gasteiger partial charge on any atom is 0.159 e. The molecule has 22 heavy (non-hydrogen) atoms. The molecule has 2 aromatic carbocycles. The van der Waals surface area contributed by atoms with Crippen LogP contribution in [-0.2, 0) is 0 Å². The van der Waals surface area contributed by atoms with E-state index in [2.05, 4.69) is 0 Å². The number of ketones is 2. The van der Waals surface area contributed by atoms with E-state index in [1.54, 1.807) is 48.5 Å². The lowest BCUT2D eigenvalue weighted by Crippen LogP contribution is -2.11. The second kappa shape index (κ2) is 6.64. The summed E-state index contributed by atoms with van der Waals surface area (Å²) in [5.41, 5.74) is 1.85. The number of aliphatic hydroxyl groups excluding tert-OH is 2. The first kappa shape index (κ1) is 16.1. The number of benzene rings is 2. The molecule has 0 aliphatic heterocycles. The van der Waals surface area contributed by atoms with Gasteiger partial charge in [-0.1, -0.05) is 36.4 Å². The molecule has 2 rings (SSSR count). The molecule has 4 heteroatoms. The monoisotopic (exact) mass is 298 g/mol. The van der Waals surface area contributed by atoms with Gasteiger partial charge in [-0.25, -0.2) is 0 Å². The molecule has 2 atom stereocenters. The number of hydrogen-bond acceptors (Lipinski definition) is 4. The van der Waals surface area contributed by atoms with Crippen molar-refractivity contribution >= 4 is 11.6 Å². The lowest BCUT2D eigenvalue weighted by Gasteiger charge is -2.19. The number of carbonyl (C=O) groups is 2. The zero-order valence-electron chi connectivity index (χ0n) is 12.5. The van der Waals surface area contributed by atoms with Crippen molar-refractivity contribution in [2.24, 2.45) is 0 Å². The van der Waals surface area contributed by atoms with E-state index < -0.39 is 12.2 Å². The molecule has 0 aliphatic carbocycles. The maximum atomic E-state index is 11.4. The molecule has 114 valence electrons. The van der Waals surface area contributed by atoms with Gasteiger partial charge in [-0.2, -0.15) is 0 Å². The van der Waals surface area contributed by atoms with Crippen LogP contribution in [0.25, 0.3) is 0 Å². The average Bonchev–Trinajstić information content (AvgIpc) is 2.53. The summed E-state index contributed by atoms with van der Waals surface area (Å²) < 4.78 is 0. The molecular weight excluding hydrogens is 280 g/mol. The molecule has 2 unspecified atom stereocenters. The van der Waals surface area contributed by atoms with E-state index in [4.69, 9.17) is 0 Å². The first-order valence-corrected chi connectivity index (χ1v) is 6.98. The Labute approximate surface area is 129 Å². The van der Waals surface area contributed by atoms with Crippen LogP contribution in [0.15, 0.2) is 48.5 Å². The smallest absolute Gasteiger partial charge is 0.159 e. The van der Waals surface area contributed by atoms with Gasteiger partial charge in [0.05, 0.1) is 0 Å². The SMILES string of the molecule is CC(=O)c1cccc(C(O)C(O)c2cccc(C(C)=O)c2)c1. The van der Waals surface area contributed by atoms with E-state index in [0.717, 1.165) is 0 Å². The van der Waals surface area contributed by atoms with Gasteiger partial charge in [-0.05, 0) is 37.1 Å². The third kappa shape index (κ3) is 3.47. The Morgan fingerprint density at radius 3 is 1.45 bits per heavy atom. The minimum absolute atomic E-state index is 0.109. The van der Waals surface area contributed by atoms with Crippen LogP contribution < -0.4 is 0 Å². The number of Topliss-reactive ketones (excluding diaryl/α,β-unsaturated/α-hetero) is 2. The summed E-state index contributed by atoms with van der Waals surface area (Å²) in [5.74, 6) is -0.218. The highest BCUT2D eigenvalue weighted by Gasteiger charge is 2.21. The van der Waals surface area contributed by atoms with Crippen molar-refractivity contribution in [1.29, 1.82) is 0 Å². The van der Waals surface area contributed by atoms with Crippen molar-refractivity contribution < 1.29 is 19.8 Å². The minimum Gasteiger partial charge on any atom is -0.385 e. The summed E-state index contributed by atoms with van der Waals surface area (Å²) in [5, 5.41) is 20.7. The van der Waals surface area contributed by atoms with Crippen molar-refractivity contribution in [3.63, 3.8) is 0 Å². The first-order valence-electron chi connectivity index (χ1n) is 6.98. The summed E-state index contributed by atoms with van der Waals surface area (Å²) in [6.45, 7) is 2.89. The third-order valence-corrected chi connectivity index (χ3v) is 3.57. The Bertz CT molecular complexity index is 644. The van der Waals surface area contributed by atoms with Crippen LogP contribution in [0, 0.1) is 0 Å². The molecule has 0 heterocycles. The van der Waals surface area contributed by atoms with Crippen molar-refractivity contribution in [3.05, 3.63) is 70.8 Å². The Morgan fingerprint density at radius 1 is 0.773 bits per heavy atom. The molecule has 2 N–H and O–H groups in total. The Hall–Kier alpha value is -2.30. The minimum atomic E-state index is -1.18. The summed E-state index contributed by atoms with van der Waals surface area (Å²) in [4.78, 5) is 22.8. The van der Waals surface area contributed by atoms with Gasteiger partial charge >= 0.3 is 0 Å². The van der Waals surface area contributed by atoms with Gasteiger partial charge < -0.3 is 10.2 Å². The number of rotatable bonds is 5. The van der Waals surface area contributed by atoms with Gasteiger partial charge in [0, 0.05) is 11.1 Å². The van der Waals surface area contributed by atoms with Gasteiger partial charge in [0.25, 0.3) is 0 Å². The van der Waals surface area contributed by atoms with E-state index >= 15 is 0 Å². The van der Waals surface area contributed by atoms with Gasteiger partial charge in [-0.15, -0.1) is 0 Å². The predicted octanol–water partition coefficient (Wildman–Crippen LogP) is 2.86. The van der Waals surface area contributed by atoms with Crippen molar-refractivity contribution in [2.45, 2.75) is 26.1 Å². The van der Waals surface area contributed by atoms with Crippen molar-refractivity contribution in [1.82, 2.24) is 0 Å². The molecule has 4 nitrogen and oxygen atoms in total. The molecule has 0 radical (unpaired) electrons. The summed E-state index contributed by atoms with van der Waals surface area (Å²) in [6.07, 6.45) is -2.36. The Balaban J connectivity index is 2.30. The maximum absolute atomic E-state index is 11.4. The number of aliphatic hydroxyl groups is 2. The zero-order valence-corrected chi connectivity index (χ0v) is 12.5. The molecule has 0 amide bonds. The van der Waals surface area contributed by atoms with Crippen LogP contribution in [0.2, 0.25) is 0 Å². The molecule has 0 saturated heterocycles. The lowest BCUT2D eigenvalue weighted by molar-refractivity contribution is 0.0172. The fourth-order valence-corrected chi connectivity index (χ4v) is 2.25. The first-order chi connectivity index (χ1) is 10.4. The second-order valence-electron chi connectivity index (χ2n) is 5.25. The van der Waals surface area contributed by atoms with Crippen LogP contribution in [0.1, 0.15) is 57.9 Å². The van der Waals surface area contributed by atoms with Crippen LogP contribution in [-0.4, -0.2) is 21.8 Å². The van der Waals surface area contributed by atoms with Crippen molar-refractivity contribution in [2.75, 3.05) is 0 Å².